The third-order valence-corrected chi connectivity index (χ3v) is 8.35. The van der Waals surface area contributed by atoms with Crippen molar-refractivity contribution in [2.24, 2.45) is 5.92 Å². The van der Waals surface area contributed by atoms with Gasteiger partial charge in [-0.05, 0) is 38.5 Å². The molecule has 6 heteroatoms. The van der Waals surface area contributed by atoms with Crippen LogP contribution in [-0.2, 0) is 19.1 Å². The van der Waals surface area contributed by atoms with E-state index in [-0.39, 0.29) is 5.78 Å². The fourth-order valence-corrected chi connectivity index (χ4v) is 5.46. The van der Waals surface area contributed by atoms with Gasteiger partial charge in [0.05, 0.1) is 6.61 Å². The molecule has 0 saturated heterocycles. The van der Waals surface area contributed by atoms with E-state index in [0.717, 1.165) is 64.2 Å². The van der Waals surface area contributed by atoms with E-state index in [9.17, 15) is 19.5 Å². The summed E-state index contributed by atoms with van der Waals surface area (Å²) in [5, 5.41) is 18.4. The molecule has 6 nitrogen and oxygen atoms in total. The first-order chi connectivity index (χ1) is 21.0. The second-order valence-electron chi connectivity index (χ2n) is 12.5. The Labute approximate surface area is 264 Å². The first kappa shape index (κ1) is 41.5. The smallest absolute Gasteiger partial charge is 0.345 e. The average Bonchev–Trinajstić information content (AvgIpc) is 3.00. The van der Waals surface area contributed by atoms with Crippen LogP contribution in [0.15, 0.2) is 12.2 Å². The topological polar surface area (TPSA) is 101 Å². The number of hydrogen-bond acceptors (Lipinski definition) is 6. The Bertz CT molecular complexity index is 689. The van der Waals surface area contributed by atoms with Gasteiger partial charge in [0.15, 0.2) is 6.10 Å². The Morgan fingerprint density at radius 2 is 0.953 bits per heavy atom. The van der Waals surface area contributed by atoms with Gasteiger partial charge >= 0.3 is 11.9 Å². The van der Waals surface area contributed by atoms with Crippen molar-refractivity contribution in [3.63, 3.8) is 0 Å². The van der Waals surface area contributed by atoms with Crippen LogP contribution in [0.3, 0.4) is 0 Å². The molecule has 0 aromatic heterocycles. The van der Waals surface area contributed by atoms with E-state index in [1.807, 2.05) is 0 Å². The molecule has 2 unspecified atom stereocenters. The van der Waals surface area contributed by atoms with Gasteiger partial charge in [0.1, 0.15) is 11.7 Å². The van der Waals surface area contributed by atoms with Crippen LogP contribution in [0.2, 0.25) is 0 Å². The average molecular weight is 609 g/mol. The number of ketones is 1. The van der Waals surface area contributed by atoms with Crippen molar-refractivity contribution in [2.75, 3.05) is 6.61 Å². The van der Waals surface area contributed by atoms with Crippen molar-refractivity contribution in [1.29, 1.82) is 0 Å². The lowest BCUT2D eigenvalue weighted by atomic mass is 9.92. The molecule has 0 amide bonds. The molecule has 2 N–H and O–H groups in total. The zero-order chi connectivity index (χ0) is 31.8. The summed E-state index contributed by atoms with van der Waals surface area (Å²) in [7, 11) is 0. The summed E-state index contributed by atoms with van der Waals surface area (Å²) in [4.78, 5) is 37.4. The molecule has 0 aliphatic heterocycles. The summed E-state index contributed by atoms with van der Waals surface area (Å²) in [6.07, 6.45) is 33.1. The Hall–Kier alpha value is -1.53. The highest BCUT2D eigenvalue weighted by Gasteiger charge is 2.30. The molecule has 2 atom stereocenters. The number of ether oxygens (including phenoxy) is 1. The zero-order valence-corrected chi connectivity index (χ0v) is 28.1. The van der Waals surface area contributed by atoms with Gasteiger partial charge in [-0.2, -0.15) is 0 Å². The van der Waals surface area contributed by atoms with Crippen LogP contribution in [0.4, 0.5) is 0 Å². The second-order valence-corrected chi connectivity index (χ2v) is 12.5. The van der Waals surface area contributed by atoms with E-state index < -0.39 is 30.6 Å². The van der Waals surface area contributed by atoms with Crippen LogP contribution in [0, 0.1) is 5.92 Å². The molecule has 0 heterocycles. The van der Waals surface area contributed by atoms with Gasteiger partial charge in [0.25, 0.3) is 0 Å². The molecule has 0 rings (SSSR count). The summed E-state index contributed by atoms with van der Waals surface area (Å²) >= 11 is 0. The highest BCUT2D eigenvalue weighted by Crippen LogP contribution is 2.20. The van der Waals surface area contributed by atoms with Crippen LogP contribution >= 0.6 is 0 Å². The molecule has 43 heavy (non-hydrogen) atoms. The molecule has 0 saturated carbocycles. The molecule has 0 aromatic rings. The van der Waals surface area contributed by atoms with Crippen molar-refractivity contribution >= 4 is 17.7 Å². The van der Waals surface area contributed by atoms with Gasteiger partial charge in [-0.3, -0.25) is 9.59 Å². The largest absolute Gasteiger partial charge is 0.393 e. The summed E-state index contributed by atoms with van der Waals surface area (Å²) in [6.45, 7) is 3.66. The predicted molar refractivity (Wildman–Crippen MR) is 178 cm³/mol. The Morgan fingerprint density at radius 3 is 1.42 bits per heavy atom. The number of aliphatic hydroxyl groups is 2. The first-order valence-corrected chi connectivity index (χ1v) is 18.2. The number of esters is 2. The van der Waals surface area contributed by atoms with Crippen LogP contribution in [-0.4, -0.2) is 40.6 Å². The fourth-order valence-electron chi connectivity index (χ4n) is 5.46. The molecular weight excluding hydrogens is 540 g/mol. The number of rotatable bonds is 32. The van der Waals surface area contributed by atoms with Gasteiger partial charge in [0.2, 0.25) is 0 Å². The summed E-state index contributed by atoms with van der Waals surface area (Å²) in [5.74, 6) is -3.24. The standard InChI is InChI=1S/C37H68O6/c1-3-5-7-9-11-13-15-17-19-20-22-24-26-28-30-33(36(41)43-37(42)35(40)32-38)34(39)31-29-27-25-23-21-18-16-14-12-10-8-6-4-2/h14,16,33,35,38,40H,3-13,15,17-32H2,1-2H3/b16-14-. The van der Waals surface area contributed by atoms with E-state index >= 15 is 0 Å². The van der Waals surface area contributed by atoms with E-state index in [1.165, 1.54) is 96.3 Å². The van der Waals surface area contributed by atoms with Crippen LogP contribution in [0.1, 0.15) is 187 Å². The molecule has 0 bridgehead atoms. The predicted octanol–water partition coefficient (Wildman–Crippen LogP) is 9.72. The summed E-state index contributed by atoms with van der Waals surface area (Å²) < 4.78 is 4.76. The number of hydrogen-bond donors (Lipinski definition) is 2. The van der Waals surface area contributed by atoms with E-state index in [2.05, 4.69) is 26.0 Å². The third-order valence-electron chi connectivity index (χ3n) is 8.35. The highest BCUT2D eigenvalue weighted by atomic mass is 16.6. The van der Waals surface area contributed by atoms with Crippen molar-refractivity contribution in [1.82, 2.24) is 0 Å². The van der Waals surface area contributed by atoms with E-state index in [4.69, 9.17) is 9.84 Å². The number of aliphatic hydroxyl groups excluding tert-OH is 2. The number of Topliss-reactive ketones (excluding diaryl/α,β-unsaturated/α-hetero) is 1. The maximum Gasteiger partial charge on any atom is 0.345 e. The van der Waals surface area contributed by atoms with Gasteiger partial charge in [-0.1, -0.05) is 154 Å². The Balaban J connectivity index is 4.21. The van der Waals surface area contributed by atoms with Crippen molar-refractivity contribution in [3.05, 3.63) is 12.2 Å². The van der Waals surface area contributed by atoms with Gasteiger partial charge in [0, 0.05) is 6.42 Å². The first-order valence-electron chi connectivity index (χ1n) is 18.2. The van der Waals surface area contributed by atoms with Crippen molar-refractivity contribution in [2.45, 2.75) is 193 Å². The van der Waals surface area contributed by atoms with Gasteiger partial charge in [-0.15, -0.1) is 0 Å². The lowest BCUT2D eigenvalue weighted by Gasteiger charge is -2.15. The van der Waals surface area contributed by atoms with E-state index in [1.54, 1.807) is 0 Å². The fraction of sp³-hybridized carbons (Fsp3) is 0.865. The summed E-state index contributed by atoms with van der Waals surface area (Å²) in [6, 6.07) is 0. The van der Waals surface area contributed by atoms with Crippen molar-refractivity contribution < 1.29 is 29.3 Å². The molecule has 0 radical (unpaired) electrons. The Morgan fingerprint density at radius 1 is 0.558 bits per heavy atom. The molecular formula is C37H68O6. The SMILES string of the molecule is CCCCCC/C=C\CCCCCCCC(=O)C(CCCCCCCCCCCCCCCC)C(=O)OC(=O)C(O)CO. The monoisotopic (exact) mass is 609 g/mol. The van der Waals surface area contributed by atoms with E-state index in [0.29, 0.717) is 12.8 Å². The normalized spacial score (nSPS) is 12.9. The minimum absolute atomic E-state index is 0.183. The highest BCUT2D eigenvalue weighted by molar-refractivity contribution is 6.02. The molecule has 0 aliphatic carbocycles. The number of carbonyl (C=O) groups excluding carboxylic acids is 3. The van der Waals surface area contributed by atoms with Crippen LogP contribution in [0.25, 0.3) is 0 Å². The maximum atomic E-state index is 12.9. The van der Waals surface area contributed by atoms with Crippen LogP contribution < -0.4 is 0 Å². The summed E-state index contributed by atoms with van der Waals surface area (Å²) in [5.41, 5.74) is 0. The molecule has 0 spiro atoms. The minimum atomic E-state index is -1.77. The number of carbonyl (C=O) groups is 3. The van der Waals surface area contributed by atoms with Crippen LogP contribution in [0.5, 0.6) is 0 Å². The second kappa shape index (κ2) is 31.9. The number of unbranched alkanes of at least 4 members (excludes halogenated alkanes) is 22. The Kier molecular flexibility index (Phi) is 30.7. The number of allylic oxidation sites excluding steroid dienone is 2. The third kappa shape index (κ3) is 26.6. The minimum Gasteiger partial charge on any atom is -0.393 e. The molecule has 0 fully saturated rings. The zero-order valence-electron chi connectivity index (χ0n) is 28.1. The molecule has 252 valence electrons. The van der Waals surface area contributed by atoms with Crippen molar-refractivity contribution in [3.8, 4) is 0 Å². The van der Waals surface area contributed by atoms with Gasteiger partial charge in [-0.25, -0.2) is 4.79 Å². The molecule has 0 aromatic carbocycles. The lowest BCUT2D eigenvalue weighted by Crippen LogP contribution is -2.34. The van der Waals surface area contributed by atoms with Gasteiger partial charge < -0.3 is 14.9 Å². The quantitative estimate of drug-likeness (QED) is 0.0341. The maximum absolute atomic E-state index is 12.9. The molecule has 0 aliphatic rings. The lowest BCUT2D eigenvalue weighted by molar-refractivity contribution is -0.170.